The highest BCUT2D eigenvalue weighted by atomic mass is 16.1. The molecule has 0 saturated heterocycles. The van der Waals surface area contributed by atoms with E-state index in [0.29, 0.717) is 5.41 Å². The third-order valence-electron chi connectivity index (χ3n) is 6.21. The molecule has 1 aromatic rings. The zero-order valence-corrected chi connectivity index (χ0v) is 16.5. The summed E-state index contributed by atoms with van der Waals surface area (Å²) < 4.78 is 0. The average molecular weight is 343 g/mol. The lowest BCUT2D eigenvalue weighted by atomic mass is 9.55. The topological polar surface area (TPSA) is 17.1 Å². The SMILES string of the molecule is C1CCCCC1.CC1(C=O)CC2CCCC(C)(C2)C1.c1ccccc1. The first kappa shape index (κ1) is 20.2. The zero-order valence-electron chi connectivity index (χ0n) is 16.5. The molecule has 3 unspecified atom stereocenters. The number of aldehydes is 1. The van der Waals surface area contributed by atoms with Gasteiger partial charge in [-0.25, -0.2) is 0 Å². The predicted octanol–water partition coefficient (Wildman–Crippen LogP) is 7.21. The number of benzene rings is 1. The summed E-state index contributed by atoms with van der Waals surface area (Å²) in [6.07, 6.45) is 17.9. The second-order valence-electron chi connectivity index (χ2n) is 9.20. The Labute approximate surface area is 155 Å². The first-order valence-corrected chi connectivity index (χ1v) is 10.5. The number of fused-ring (bicyclic) bond motifs is 2. The summed E-state index contributed by atoms with van der Waals surface area (Å²) in [5.41, 5.74) is 0.481. The normalized spacial score (nSPS) is 33.8. The van der Waals surface area contributed by atoms with E-state index < -0.39 is 0 Å². The van der Waals surface area contributed by atoms with Crippen LogP contribution in [0.4, 0.5) is 0 Å². The minimum absolute atomic E-state index is 0.00190. The van der Waals surface area contributed by atoms with E-state index >= 15 is 0 Å². The maximum Gasteiger partial charge on any atom is 0.125 e. The molecule has 0 heterocycles. The molecule has 0 N–H and O–H groups in total. The molecule has 0 radical (unpaired) electrons. The average Bonchev–Trinajstić information content (AvgIpc) is 2.64. The number of hydrogen-bond acceptors (Lipinski definition) is 1. The Hall–Kier alpha value is -1.11. The third kappa shape index (κ3) is 7.34. The van der Waals surface area contributed by atoms with Crippen LogP contribution in [0.5, 0.6) is 0 Å². The molecule has 3 aliphatic rings. The van der Waals surface area contributed by atoms with Crippen molar-refractivity contribution in [1.29, 1.82) is 0 Å². The van der Waals surface area contributed by atoms with Gasteiger partial charge in [0.1, 0.15) is 6.29 Å². The van der Waals surface area contributed by atoms with E-state index in [1.165, 1.54) is 70.5 Å². The van der Waals surface area contributed by atoms with E-state index in [1.54, 1.807) is 0 Å². The highest BCUT2D eigenvalue weighted by Gasteiger charge is 2.45. The molecular weight excluding hydrogens is 304 g/mol. The fraction of sp³-hybridized carbons (Fsp3) is 0.708. The highest BCUT2D eigenvalue weighted by Crippen LogP contribution is 2.54. The molecule has 25 heavy (non-hydrogen) atoms. The summed E-state index contributed by atoms with van der Waals surface area (Å²) in [7, 11) is 0. The van der Waals surface area contributed by atoms with E-state index in [4.69, 9.17) is 0 Å². The standard InChI is InChI=1S/C12H20O.C6H12.C6H6/c1-11-5-3-4-10(6-11)7-12(2,8-11)9-13;2*1-2-4-6-5-3-1/h9-10H,3-8H2,1-2H3;1-6H2;1-6H. The van der Waals surface area contributed by atoms with Crippen molar-refractivity contribution < 1.29 is 4.79 Å². The fourth-order valence-corrected chi connectivity index (χ4v) is 5.30. The largest absolute Gasteiger partial charge is 0.303 e. The Bertz CT molecular complexity index is 440. The number of hydrogen-bond donors (Lipinski definition) is 0. The minimum Gasteiger partial charge on any atom is -0.303 e. The van der Waals surface area contributed by atoms with Crippen LogP contribution in [0.15, 0.2) is 36.4 Å². The third-order valence-corrected chi connectivity index (χ3v) is 6.21. The lowest BCUT2D eigenvalue weighted by Gasteiger charge is -2.49. The molecule has 1 aromatic carbocycles. The second-order valence-corrected chi connectivity index (χ2v) is 9.20. The molecule has 0 amide bonds. The van der Waals surface area contributed by atoms with Gasteiger partial charge in [-0.2, -0.15) is 0 Å². The van der Waals surface area contributed by atoms with Crippen LogP contribution in [0.1, 0.15) is 90.9 Å². The van der Waals surface area contributed by atoms with Crippen LogP contribution in [0, 0.1) is 16.7 Å². The van der Waals surface area contributed by atoms with Crippen molar-refractivity contribution in [3.8, 4) is 0 Å². The Kier molecular flexibility index (Phi) is 8.19. The molecule has 3 saturated carbocycles. The molecule has 1 heteroatoms. The van der Waals surface area contributed by atoms with E-state index in [9.17, 15) is 4.79 Å². The Morgan fingerprint density at radius 3 is 1.64 bits per heavy atom. The summed E-state index contributed by atoms with van der Waals surface area (Å²) in [6.45, 7) is 4.52. The van der Waals surface area contributed by atoms with E-state index in [0.717, 1.165) is 18.8 Å². The summed E-state index contributed by atoms with van der Waals surface area (Å²) >= 11 is 0. The van der Waals surface area contributed by atoms with Crippen molar-refractivity contribution in [3.05, 3.63) is 36.4 Å². The molecule has 0 aromatic heterocycles. The molecule has 3 aliphatic carbocycles. The van der Waals surface area contributed by atoms with Crippen LogP contribution < -0.4 is 0 Å². The van der Waals surface area contributed by atoms with Crippen LogP contribution in [-0.4, -0.2) is 6.29 Å². The van der Waals surface area contributed by atoms with Crippen molar-refractivity contribution in [3.63, 3.8) is 0 Å². The maximum atomic E-state index is 11.1. The van der Waals surface area contributed by atoms with E-state index in [1.807, 2.05) is 36.4 Å². The molecule has 1 nitrogen and oxygen atoms in total. The maximum absolute atomic E-state index is 11.1. The molecule has 0 aliphatic heterocycles. The molecule has 3 atom stereocenters. The highest BCUT2D eigenvalue weighted by molar-refractivity contribution is 5.59. The van der Waals surface area contributed by atoms with Crippen molar-refractivity contribution in [2.24, 2.45) is 16.7 Å². The van der Waals surface area contributed by atoms with Crippen LogP contribution in [0.25, 0.3) is 0 Å². The van der Waals surface area contributed by atoms with Crippen molar-refractivity contribution in [1.82, 2.24) is 0 Å². The van der Waals surface area contributed by atoms with Crippen molar-refractivity contribution in [2.75, 3.05) is 0 Å². The predicted molar refractivity (Wildman–Crippen MR) is 108 cm³/mol. The van der Waals surface area contributed by atoms with Gasteiger partial charge in [0.25, 0.3) is 0 Å². The summed E-state index contributed by atoms with van der Waals surface area (Å²) in [4.78, 5) is 11.1. The zero-order chi connectivity index (χ0) is 18.0. The fourth-order valence-electron chi connectivity index (χ4n) is 5.30. The van der Waals surface area contributed by atoms with Gasteiger partial charge in [-0.1, -0.05) is 102 Å². The van der Waals surface area contributed by atoms with Crippen molar-refractivity contribution >= 4 is 6.29 Å². The van der Waals surface area contributed by atoms with E-state index in [-0.39, 0.29) is 5.41 Å². The Balaban J connectivity index is 0.000000156. The van der Waals surface area contributed by atoms with Gasteiger partial charge in [-0.05, 0) is 37.0 Å². The Morgan fingerprint density at radius 1 is 0.760 bits per heavy atom. The van der Waals surface area contributed by atoms with Crippen LogP contribution >= 0.6 is 0 Å². The first-order valence-electron chi connectivity index (χ1n) is 10.5. The molecule has 2 bridgehead atoms. The summed E-state index contributed by atoms with van der Waals surface area (Å²) in [5.74, 6) is 0.836. The van der Waals surface area contributed by atoms with Crippen LogP contribution in [0.2, 0.25) is 0 Å². The van der Waals surface area contributed by atoms with Gasteiger partial charge < -0.3 is 4.79 Å². The minimum atomic E-state index is -0.00190. The van der Waals surface area contributed by atoms with Crippen molar-refractivity contribution in [2.45, 2.75) is 90.9 Å². The first-order chi connectivity index (χ1) is 12.1. The number of carbonyl (C=O) groups is 1. The van der Waals surface area contributed by atoms with Gasteiger partial charge >= 0.3 is 0 Å². The molecular formula is C24H38O. The number of carbonyl (C=O) groups excluding carboxylic acids is 1. The summed E-state index contributed by atoms with van der Waals surface area (Å²) in [5, 5.41) is 0. The van der Waals surface area contributed by atoms with E-state index in [2.05, 4.69) is 13.8 Å². The monoisotopic (exact) mass is 342 g/mol. The second kappa shape index (κ2) is 10.1. The molecule has 3 fully saturated rings. The molecule has 0 spiro atoms. The quantitative estimate of drug-likeness (QED) is 0.493. The van der Waals surface area contributed by atoms with Gasteiger partial charge in [0.2, 0.25) is 0 Å². The van der Waals surface area contributed by atoms with Gasteiger partial charge in [0, 0.05) is 5.41 Å². The molecule has 4 rings (SSSR count). The van der Waals surface area contributed by atoms with Gasteiger partial charge in [0.05, 0.1) is 0 Å². The van der Waals surface area contributed by atoms with Gasteiger partial charge in [0.15, 0.2) is 0 Å². The van der Waals surface area contributed by atoms with Gasteiger partial charge in [-0.3, -0.25) is 0 Å². The van der Waals surface area contributed by atoms with Crippen LogP contribution in [0.3, 0.4) is 0 Å². The van der Waals surface area contributed by atoms with Gasteiger partial charge in [-0.15, -0.1) is 0 Å². The smallest absolute Gasteiger partial charge is 0.125 e. The molecule has 140 valence electrons. The number of rotatable bonds is 1. The summed E-state index contributed by atoms with van der Waals surface area (Å²) in [6, 6.07) is 12.0. The lowest BCUT2D eigenvalue weighted by molar-refractivity contribution is -0.122. The van der Waals surface area contributed by atoms with Crippen LogP contribution in [-0.2, 0) is 4.79 Å². The lowest BCUT2D eigenvalue weighted by Crippen LogP contribution is -2.40. The Morgan fingerprint density at radius 2 is 1.24 bits per heavy atom.